The fourth-order valence-electron chi connectivity index (χ4n) is 3.07. The van der Waals surface area contributed by atoms with E-state index in [0.717, 1.165) is 12.8 Å². The Morgan fingerprint density at radius 1 is 1.21 bits per heavy atom. The van der Waals surface area contributed by atoms with Gasteiger partial charge in [0.1, 0.15) is 0 Å². The normalized spacial score (nSPS) is 32.7. The lowest BCUT2D eigenvalue weighted by atomic mass is 9.74. The minimum Gasteiger partial charge on any atom is -0.295 e. The number of ketones is 1. The molecule has 0 saturated carbocycles. The number of hydrogen-bond acceptors (Lipinski definition) is 1. The summed E-state index contributed by atoms with van der Waals surface area (Å²) in [7, 11) is 0. The molecule has 0 aromatic heterocycles. The molecule has 0 amide bonds. The lowest BCUT2D eigenvalue weighted by molar-refractivity contribution is -0.115. The molecular weight excluding hydrogens is 172 g/mol. The van der Waals surface area contributed by atoms with Crippen LogP contribution < -0.4 is 0 Å². The van der Waals surface area contributed by atoms with E-state index in [1.54, 1.807) is 0 Å². The molecule has 0 fully saturated rings. The van der Waals surface area contributed by atoms with Gasteiger partial charge in [0.15, 0.2) is 5.78 Å². The zero-order chi connectivity index (χ0) is 10.3. The van der Waals surface area contributed by atoms with Gasteiger partial charge < -0.3 is 0 Å². The second-order valence-electron chi connectivity index (χ2n) is 5.19. The highest BCUT2D eigenvalue weighted by atomic mass is 16.1. The van der Waals surface area contributed by atoms with Crippen molar-refractivity contribution in [2.24, 2.45) is 17.8 Å². The molecule has 0 bridgehead atoms. The maximum atomic E-state index is 11.8. The first-order valence-corrected chi connectivity index (χ1v) is 5.87. The lowest BCUT2D eigenvalue weighted by Crippen LogP contribution is -2.22. The summed E-state index contributed by atoms with van der Waals surface area (Å²) in [6.45, 7) is 6.78. The van der Waals surface area contributed by atoms with Crippen LogP contribution in [-0.4, -0.2) is 5.78 Å². The van der Waals surface area contributed by atoms with Crippen molar-refractivity contribution in [2.45, 2.75) is 46.5 Å². The molecule has 2 aliphatic carbocycles. The Hall–Kier alpha value is -0.590. The topological polar surface area (TPSA) is 17.1 Å². The monoisotopic (exact) mass is 192 g/mol. The van der Waals surface area contributed by atoms with Crippen LogP contribution in [0.3, 0.4) is 0 Å². The van der Waals surface area contributed by atoms with Crippen molar-refractivity contribution in [1.82, 2.24) is 0 Å². The maximum absolute atomic E-state index is 11.8. The van der Waals surface area contributed by atoms with E-state index in [2.05, 4.69) is 20.8 Å². The van der Waals surface area contributed by atoms with Crippen molar-refractivity contribution in [1.29, 1.82) is 0 Å². The van der Waals surface area contributed by atoms with Crippen LogP contribution in [0.2, 0.25) is 0 Å². The Kier molecular flexibility index (Phi) is 2.50. The molecular formula is C13H20O. The Labute approximate surface area is 86.6 Å². The molecule has 14 heavy (non-hydrogen) atoms. The van der Waals surface area contributed by atoms with E-state index in [9.17, 15) is 4.79 Å². The van der Waals surface area contributed by atoms with Crippen molar-refractivity contribution in [3.63, 3.8) is 0 Å². The van der Waals surface area contributed by atoms with Crippen LogP contribution in [0, 0.1) is 17.8 Å². The van der Waals surface area contributed by atoms with Gasteiger partial charge in [-0.1, -0.05) is 26.3 Å². The Morgan fingerprint density at radius 2 is 1.93 bits per heavy atom. The van der Waals surface area contributed by atoms with Gasteiger partial charge in [-0.25, -0.2) is 0 Å². The third-order valence-corrected chi connectivity index (χ3v) is 3.95. The summed E-state index contributed by atoms with van der Waals surface area (Å²) in [5.74, 6) is 2.32. The molecule has 0 aromatic rings. The summed E-state index contributed by atoms with van der Waals surface area (Å²) in [5, 5.41) is 0. The molecule has 2 atom stereocenters. The number of rotatable bonds is 1. The first-order chi connectivity index (χ1) is 6.61. The van der Waals surface area contributed by atoms with Crippen molar-refractivity contribution in [3.05, 3.63) is 11.1 Å². The molecule has 0 heterocycles. The molecule has 1 unspecified atom stereocenters. The summed E-state index contributed by atoms with van der Waals surface area (Å²) >= 11 is 0. The van der Waals surface area contributed by atoms with Gasteiger partial charge in [-0.15, -0.1) is 0 Å². The Morgan fingerprint density at radius 3 is 2.57 bits per heavy atom. The molecule has 2 aliphatic rings. The number of carbonyl (C=O) groups excluding carboxylic acids is 1. The van der Waals surface area contributed by atoms with Crippen molar-refractivity contribution in [2.75, 3.05) is 0 Å². The molecule has 0 radical (unpaired) electrons. The highest BCUT2D eigenvalue weighted by molar-refractivity contribution is 5.99. The maximum Gasteiger partial charge on any atom is 0.159 e. The summed E-state index contributed by atoms with van der Waals surface area (Å²) in [6.07, 6.45) is 4.36. The van der Waals surface area contributed by atoms with Crippen LogP contribution >= 0.6 is 0 Å². The van der Waals surface area contributed by atoms with Gasteiger partial charge in [0.05, 0.1) is 0 Å². The largest absolute Gasteiger partial charge is 0.295 e. The quantitative estimate of drug-likeness (QED) is 0.622. The van der Waals surface area contributed by atoms with E-state index in [1.165, 1.54) is 24.0 Å². The summed E-state index contributed by atoms with van der Waals surface area (Å²) in [5.41, 5.74) is 2.73. The number of Topliss-reactive ketones (excluding diaryl/α,β-unsaturated/α-hetero) is 1. The Balaban J connectivity index is 2.36. The van der Waals surface area contributed by atoms with E-state index >= 15 is 0 Å². The number of carbonyl (C=O) groups is 1. The van der Waals surface area contributed by atoms with Crippen LogP contribution in [0.4, 0.5) is 0 Å². The molecule has 0 spiro atoms. The molecule has 1 heteroatoms. The first kappa shape index (κ1) is 9.95. The highest BCUT2D eigenvalue weighted by Crippen LogP contribution is 2.44. The van der Waals surface area contributed by atoms with Gasteiger partial charge in [0.25, 0.3) is 0 Å². The summed E-state index contributed by atoms with van der Waals surface area (Å²) in [4.78, 5) is 11.8. The second-order valence-corrected chi connectivity index (χ2v) is 5.19. The summed E-state index contributed by atoms with van der Waals surface area (Å²) in [6, 6.07) is 0. The molecule has 1 nitrogen and oxygen atoms in total. The molecule has 0 aliphatic heterocycles. The third kappa shape index (κ3) is 1.43. The van der Waals surface area contributed by atoms with E-state index < -0.39 is 0 Å². The van der Waals surface area contributed by atoms with Gasteiger partial charge in [-0.05, 0) is 42.6 Å². The highest BCUT2D eigenvalue weighted by Gasteiger charge is 2.36. The lowest BCUT2D eigenvalue weighted by Gasteiger charge is -2.30. The first-order valence-electron chi connectivity index (χ1n) is 5.87. The molecule has 0 N–H and O–H groups in total. The molecule has 0 saturated heterocycles. The Bertz CT molecular complexity index is 286. The van der Waals surface area contributed by atoms with Crippen molar-refractivity contribution < 1.29 is 4.79 Å². The van der Waals surface area contributed by atoms with Crippen molar-refractivity contribution in [3.8, 4) is 0 Å². The molecule has 2 rings (SSSR count). The van der Waals surface area contributed by atoms with Gasteiger partial charge in [-0.3, -0.25) is 4.79 Å². The zero-order valence-corrected chi connectivity index (χ0v) is 9.47. The van der Waals surface area contributed by atoms with Crippen LogP contribution in [0.25, 0.3) is 0 Å². The van der Waals surface area contributed by atoms with Crippen molar-refractivity contribution >= 4 is 5.78 Å². The smallest absolute Gasteiger partial charge is 0.159 e. The molecule has 78 valence electrons. The minimum absolute atomic E-state index is 0.449. The van der Waals surface area contributed by atoms with Gasteiger partial charge in [0, 0.05) is 6.42 Å². The predicted octanol–water partition coefficient (Wildman–Crippen LogP) is 3.35. The summed E-state index contributed by atoms with van der Waals surface area (Å²) < 4.78 is 0. The van der Waals surface area contributed by atoms with Crippen LogP contribution in [-0.2, 0) is 4.79 Å². The molecule has 0 aromatic carbocycles. The van der Waals surface area contributed by atoms with Gasteiger partial charge in [-0.2, -0.15) is 0 Å². The minimum atomic E-state index is 0.449. The van der Waals surface area contributed by atoms with E-state index in [1.807, 2.05) is 0 Å². The van der Waals surface area contributed by atoms with E-state index in [0.29, 0.717) is 23.5 Å². The second kappa shape index (κ2) is 3.52. The van der Waals surface area contributed by atoms with Crippen LogP contribution in [0.5, 0.6) is 0 Å². The van der Waals surface area contributed by atoms with Gasteiger partial charge >= 0.3 is 0 Å². The standard InChI is InChI=1S/C13H20O/c1-8(2)10-5-4-9(3)11-6-7-12(14)13(10)11/h8-10H,4-7H2,1-3H3/t9-,10?/m1/s1. The van der Waals surface area contributed by atoms with Crippen LogP contribution in [0.1, 0.15) is 46.5 Å². The number of allylic oxidation sites excluding steroid dienone is 2. The van der Waals surface area contributed by atoms with E-state index in [-0.39, 0.29) is 0 Å². The zero-order valence-electron chi connectivity index (χ0n) is 9.47. The fourth-order valence-corrected chi connectivity index (χ4v) is 3.07. The third-order valence-electron chi connectivity index (χ3n) is 3.95. The van der Waals surface area contributed by atoms with E-state index in [4.69, 9.17) is 0 Å². The van der Waals surface area contributed by atoms with Gasteiger partial charge in [0.2, 0.25) is 0 Å². The SMILES string of the molecule is CC(C)C1CC[C@@H](C)C2=C1C(=O)CC2. The fraction of sp³-hybridized carbons (Fsp3) is 0.769. The number of hydrogen-bond donors (Lipinski definition) is 0. The average Bonchev–Trinajstić information content (AvgIpc) is 2.50. The van der Waals surface area contributed by atoms with Crippen LogP contribution in [0.15, 0.2) is 11.1 Å². The predicted molar refractivity (Wildman–Crippen MR) is 58.0 cm³/mol. The average molecular weight is 192 g/mol.